The van der Waals surface area contributed by atoms with Gasteiger partial charge in [-0.15, -0.1) is 0 Å². The molecule has 2 amide bonds. The van der Waals surface area contributed by atoms with Gasteiger partial charge in [0.05, 0.1) is 17.2 Å². The Morgan fingerprint density at radius 3 is 2.00 bits per heavy atom. The first-order chi connectivity index (χ1) is 16.6. The summed E-state index contributed by atoms with van der Waals surface area (Å²) in [6.45, 7) is 0.475. The molecule has 0 fully saturated rings. The number of ether oxygens (including phenoxy) is 1. The maximum atomic E-state index is 13.6. The Labute approximate surface area is 198 Å². The Morgan fingerprint density at radius 2 is 1.32 bits per heavy atom. The molecule has 1 aliphatic rings. The van der Waals surface area contributed by atoms with Crippen molar-refractivity contribution in [1.29, 1.82) is 0 Å². The van der Waals surface area contributed by atoms with Crippen LogP contribution in [0.4, 0.5) is 5.69 Å². The Balaban J connectivity index is 1.43. The van der Waals surface area contributed by atoms with Crippen molar-refractivity contribution in [2.24, 2.45) is 0 Å². The summed E-state index contributed by atoms with van der Waals surface area (Å²) in [5.41, 5.74) is 3.56. The van der Waals surface area contributed by atoms with Crippen molar-refractivity contribution >= 4 is 17.5 Å². The van der Waals surface area contributed by atoms with E-state index in [1.54, 1.807) is 30.1 Å². The van der Waals surface area contributed by atoms with E-state index in [1.165, 1.54) is 0 Å². The fourth-order valence-electron chi connectivity index (χ4n) is 4.31. The molecule has 168 valence electrons. The molecule has 0 bridgehead atoms. The molecule has 0 aliphatic carbocycles. The number of carbonyl (C=O) groups excluding carboxylic acids is 2. The van der Waals surface area contributed by atoms with E-state index in [4.69, 9.17) is 4.74 Å². The van der Waals surface area contributed by atoms with E-state index in [0.29, 0.717) is 29.3 Å². The third-order valence-electron chi connectivity index (χ3n) is 5.97. The Hall–Kier alpha value is -4.38. The summed E-state index contributed by atoms with van der Waals surface area (Å²) in [4.78, 5) is 28.6. The van der Waals surface area contributed by atoms with Gasteiger partial charge in [-0.2, -0.15) is 0 Å². The summed E-state index contributed by atoms with van der Waals surface area (Å²) in [5.74, 6) is 0.398. The molecular weight excluding hydrogens is 424 g/mol. The van der Waals surface area contributed by atoms with E-state index in [9.17, 15) is 9.59 Å². The SMILES string of the molecule is CN(Cc1ccccc1)C(=O)c1ccccc1NC(=O)C1c2ccccc2Oc2ccccc21. The summed E-state index contributed by atoms with van der Waals surface area (Å²) in [6, 6.07) is 32.0. The fourth-order valence-corrected chi connectivity index (χ4v) is 4.31. The smallest absolute Gasteiger partial charge is 0.256 e. The molecule has 0 unspecified atom stereocenters. The highest BCUT2D eigenvalue weighted by Gasteiger charge is 2.33. The summed E-state index contributed by atoms with van der Waals surface area (Å²) in [7, 11) is 1.76. The number of carbonyl (C=O) groups is 2. The van der Waals surface area contributed by atoms with E-state index in [-0.39, 0.29) is 11.8 Å². The Bertz CT molecular complexity index is 1300. The van der Waals surface area contributed by atoms with Crippen molar-refractivity contribution < 1.29 is 14.3 Å². The van der Waals surface area contributed by atoms with E-state index in [1.807, 2.05) is 84.9 Å². The van der Waals surface area contributed by atoms with Gasteiger partial charge in [0.25, 0.3) is 5.91 Å². The van der Waals surface area contributed by atoms with E-state index in [2.05, 4.69) is 5.32 Å². The Kier molecular flexibility index (Phi) is 5.83. The normalized spacial score (nSPS) is 12.1. The van der Waals surface area contributed by atoms with Crippen molar-refractivity contribution in [3.05, 3.63) is 125 Å². The summed E-state index contributed by atoms with van der Waals surface area (Å²) in [5, 5.41) is 3.02. The standard InChI is InChI=1S/C29H24N2O3/c1-31(19-20-11-3-2-4-12-20)29(33)21-13-5-8-16-24(21)30-28(32)27-22-14-6-9-17-25(22)34-26-18-10-7-15-23(26)27/h2-18,27H,19H2,1H3,(H,30,32). The molecule has 0 saturated carbocycles. The molecule has 34 heavy (non-hydrogen) atoms. The number of rotatable bonds is 5. The average molecular weight is 449 g/mol. The third kappa shape index (κ3) is 4.16. The molecule has 0 saturated heterocycles. The number of amides is 2. The summed E-state index contributed by atoms with van der Waals surface area (Å²) >= 11 is 0. The van der Waals surface area contributed by atoms with E-state index in [0.717, 1.165) is 16.7 Å². The van der Waals surface area contributed by atoms with Crippen LogP contribution in [0.3, 0.4) is 0 Å². The highest BCUT2D eigenvalue weighted by atomic mass is 16.5. The lowest BCUT2D eigenvalue weighted by atomic mass is 9.87. The zero-order valence-corrected chi connectivity index (χ0v) is 18.8. The van der Waals surface area contributed by atoms with Crippen LogP contribution >= 0.6 is 0 Å². The molecule has 4 aromatic carbocycles. The van der Waals surface area contributed by atoms with Gasteiger partial charge in [-0.1, -0.05) is 78.9 Å². The molecule has 1 N–H and O–H groups in total. The van der Waals surface area contributed by atoms with Crippen molar-refractivity contribution in [2.45, 2.75) is 12.5 Å². The number of para-hydroxylation sites is 3. The predicted octanol–water partition coefficient (Wildman–Crippen LogP) is 5.84. The van der Waals surface area contributed by atoms with Crippen molar-refractivity contribution in [3.63, 3.8) is 0 Å². The molecule has 4 aromatic rings. The highest BCUT2D eigenvalue weighted by Crippen LogP contribution is 2.44. The minimum atomic E-state index is -0.550. The van der Waals surface area contributed by atoms with Gasteiger partial charge in [-0.25, -0.2) is 0 Å². The lowest BCUT2D eigenvalue weighted by Gasteiger charge is -2.27. The topological polar surface area (TPSA) is 58.6 Å². The van der Waals surface area contributed by atoms with Crippen molar-refractivity contribution in [1.82, 2.24) is 4.90 Å². The number of hydrogen-bond acceptors (Lipinski definition) is 3. The largest absolute Gasteiger partial charge is 0.457 e. The number of anilines is 1. The van der Waals surface area contributed by atoms with E-state index < -0.39 is 5.92 Å². The van der Waals surface area contributed by atoms with Gasteiger partial charge < -0.3 is 15.0 Å². The zero-order valence-electron chi connectivity index (χ0n) is 18.8. The van der Waals surface area contributed by atoms with Crippen LogP contribution in [0.25, 0.3) is 0 Å². The average Bonchev–Trinajstić information content (AvgIpc) is 2.87. The molecule has 5 rings (SSSR count). The molecule has 0 atom stereocenters. The first-order valence-corrected chi connectivity index (χ1v) is 11.2. The first-order valence-electron chi connectivity index (χ1n) is 11.2. The van der Waals surface area contributed by atoms with Crippen molar-refractivity contribution in [3.8, 4) is 11.5 Å². The van der Waals surface area contributed by atoms with Crippen LogP contribution in [0, 0.1) is 0 Å². The van der Waals surface area contributed by atoms with Crippen LogP contribution < -0.4 is 10.1 Å². The molecular formula is C29H24N2O3. The maximum absolute atomic E-state index is 13.6. The number of fused-ring (bicyclic) bond motifs is 2. The van der Waals surface area contributed by atoms with Gasteiger partial charge in [-0.3, -0.25) is 9.59 Å². The molecule has 1 heterocycles. The molecule has 5 heteroatoms. The molecule has 1 aliphatic heterocycles. The molecule has 0 radical (unpaired) electrons. The van der Waals surface area contributed by atoms with Crippen LogP contribution in [0.5, 0.6) is 11.5 Å². The minimum Gasteiger partial charge on any atom is -0.457 e. The van der Waals surface area contributed by atoms with Crippen LogP contribution in [-0.2, 0) is 11.3 Å². The van der Waals surface area contributed by atoms with Gasteiger partial charge in [-0.05, 0) is 29.8 Å². The maximum Gasteiger partial charge on any atom is 0.256 e. The number of nitrogens with one attached hydrogen (secondary N) is 1. The molecule has 5 nitrogen and oxygen atoms in total. The first kappa shape index (κ1) is 21.5. The Morgan fingerprint density at radius 1 is 0.765 bits per heavy atom. The predicted molar refractivity (Wildman–Crippen MR) is 132 cm³/mol. The molecule has 0 aromatic heterocycles. The van der Waals surface area contributed by atoms with E-state index >= 15 is 0 Å². The van der Waals surface area contributed by atoms with Gasteiger partial charge >= 0.3 is 0 Å². The number of benzene rings is 4. The quantitative estimate of drug-likeness (QED) is 0.418. The number of nitrogens with zero attached hydrogens (tertiary/aromatic N) is 1. The second kappa shape index (κ2) is 9.24. The third-order valence-corrected chi connectivity index (χ3v) is 5.97. The summed E-state index contributed by atoms with van der Waals surface area (Å²) in [6.07, 6.45) is 0. The second-order valence-electron chi connectivity index (χ2n) is 8.29. The van der Waals surface area contributed by atoms with Crippen molar-refractivity contribution in [2.75, 3.05) is 12.4 Å². The molecule has 0 spiro atoms. The van der Waals surface area contributed by atoms with Gasteiger partial charge in [0.2, 0.25) is 5.91 Å². The van der Waals surface area contributed by atoms with Crippen LogP contribution in [-0.4, -0.2) is 23.8 Å². The monoisotopic (exact) mass is 448 g/mol. The minimum absolute atomic E-state index is 0.160. The van der Waals surface area contributed by atoms with Gasteiger partial charge in [0.1, 0.15) is 11.5 Å². The fraction of sp³-hybridized carbons (Fsp3) is 0.103. The highest BCUT2D eigenvalue weighted by molar-refractivity contribution is 6.06. The second-order valence-corrected chi connectivity index (χ2v) is 8.29. The lowest BCUT2D eigenvalue weighted by molar-refractivity contribution is -0.116. The van der Waals surface area contributed by atoms with Crippen LogP contribution in [0.1, 0.15) is 33.0 Å². The van der Waals surface area contributed by atoms with Gasteiger partial charge in [0, 0.05) is 24.7 Å². The summed E-state index contributed by atoms with van der Waals surface area (Å²) < 4.78 is 6.02. The zero-order chi connectivity index (χ0) is 23.5. The van der Waals surface area contributed by atoms with Crippen LogP contribution in [0.2, 0.25) is 0 Å². The van der Waals surface area contributed by atoms with Gasteiger partial charge in [0.15, 0.2) is 0 Å². The number of hydrogen-bond donors (Lipinski definition) is 1. The van der Waals surface area contributed by atoms with Crippen LogP contribution in [0.15, 0.2) is 103 Å². The lowest BCUT2D eigenvalue weighted by Crippen LogP contribution is -2.29.